The Bertz CT molecular complexity index is 587. The molecule has 140 valence electrons. The molecule has 0 spiro atoms. The Kier molecular flexibility index (Phi) is 8.87. The van der Waals surface area contributed by atoms with Crippen molar-refractivity contribution in [1.82, 2.24) is 5.32 Å². The van der Waals surface area contributed by atoms with Crippen LogP contribution in [0.15, 0.2) is 60.7 Å². The van der Waals surface area contributed by atoms with Crippen molar-refractivity contribution in [2.45, 2.75) is 50.6 Å². The van der Waals surface area contributed by atoms with Crippen LogP contribution in [0.25, 0.3) is 0 Å². The molecule has 4 nitrogen and oxygen atoms in total. The number of nitrogens with two attached hydrogens (primary N) is 2. The Labute approximate surface area is 157 Å². The fraction of sp³-hybridized carbons (Fsp3) is 0.409. The number of amides is 1. The zero-order valence-corrected chi connectivity index (χ0v) is 15.4. The van der Waals surface area contributed by atoms with Gasteiger partial charge in [0, 0.05) is 25.0 Å². The predicted molar refractivity (Wildman–Crippen MR) is 108 cm³/mol. The Hall–Kier alpha value is -2.17. The third kappa shape index (κ3) is 7.81. The first kappa shape index (κ1) is 20.1. The van der Waals surface area contributed by atoms with Crippen molar-refractivity contribution < 1.29 is 4.79 Å². The van der Waals surface area contributed by atoms with Crippen LogP contribution in [-0.4, -0.2) is 24.5 Å². The SMILES string of the molecule is NC[C@@H](N)CCC(=O)NC(CCc1ccccc1)CCc1ccccc1. The van der Waals surface area contributed by atoms with Crippen LogP contribution in [0, 0.1) is 0 Å². The monoisotopic (exact) mass is 353 g/mol. The molecule has 0 saturated heterocycles. The zero-order chi connectivity index (χ0) is 18.6. The molecule has 2 aromatic carbocycles. The first-order valence-corrected chi connectivity index (χ1v) is 9.50. The molecule has 1 amide bonds. The van der Waals surface area contributed by atoms with E-state index in [1.165, 1.54) is 11.1 Å². The molecule has 0 aliphatic rings. The number of benzene rings is 2. The maximum Gasteiger partial charge on any atom is 0.220 e. The fourth-order valence-electron chi connectivity index (χ4n) is 2.99. The minimum Gasteiger partial charge on any atom is -0.353 e. The molecular weight excluding hydrogens is 322 g/mol. The minimum absolute atomic E-state index is 0.0695. The van der Waals surface area contributed by atoms with E-state index in [-0.39, 0.29) is 18.0 Å². The molecule has 0 aliphatic carbocycles. The lowest BCUT2D eigenvalue weighted by Gasteiger charge is -2.20. The van der Waals surface area contributed by atoms with Crippen molar-refractivity contribution in [3.05, 3.63) is 71.8 Å². The molecule has 0 aromatic heterocycles. The topological polar surface area (TPSA) is 81.1 Å². The van der Waals surface area contributed by atoms with Crippen LogP contribution >= 0.6 is 0 Å². The molecule has 0 unspecified atom stereocenters. The van der Waals surface area contributed by atoms with Gasteiger partial charge in [-0.3, -0.25) is 4.79 Å². The second-order valence-electron chi connectivity index (χ2n) is 6.85. The minimum atomic E-state index is -0.104. The van der Waals surface area contributed by atoms with E-state index in [0.717, 1.165) is 25.7 Å². The van der Waals surface area contributed by atoms with Crippen molar-refractivity contribution in [3.63, 3.8) is 0 Å². The van der Waals surface area contributed by atoms with Crippen LogP contribution in [0.2, 0.25) is 0 Å². The number of rotatable bonds is 11. The van der Waals surface area contributed by atoms with Gasteiger partial charge in [0.05, 0.1) is 0 Å². The lowest BCUT2D eigenvalue weighted by atomic mass is 9.98. The average Bonchev–Trinajstić information content (AvgIpc) is 2.69. The van der Waals surface area contributed by atoms with E-state index in [0.29, 0.717) is 19.4 Å². The number of aryl methyl sites for hydroxylation is 2. The first-order chi connectivity index (χ1) is 12.7. The van der Waals surface area contributed by atoms with Crippen LogP contribution in [-0.2, 0) is 17.6 Å². The maximum absolute atomic E-state index is 12.3. The molecule has 2 rings (SSSR count). The van der Waals surface area contributed by atoms with E-state index in [4.69, 9.17) is 11.5 Å². The van der Waals surface area contributed by atoms with Crippen LogP contribution in [0.4, 0.5) is 0 Å². The van der Waals surface area contributed by atoms with Gasteiger partial charge in [0.25, 0.3) is 0 Å². The average molecular weight is 354 g/mol. The summed E-state index contributed by atoms with van der Waals surface area (Å²) in [6.07, 6.45) is 4.86. The number of nitrogens with one attached hydrogen (secondary N) is 1. The highest BCUT2D eigenvalue weighted by Crippen LogP contribution is 2.12. The van der Waals surface area contributed by atoms with Crippen LogP contribution < -0.4 is 16.8 Å². The van der Waals surface area contributed by atoms with E-state index in [9.17, 15) is 4.79 Å². The lowest BCUT2D eigenvalue weighted by Crippen LogP contribution is -2.37. The Morgan fingerprint density at radius 1 is 0.846 bits per heavy atom. The standard InChI is InChI=1S/C22H31N3O/c23-17-20(24)13-16-22(26)25-21(14-11-18-7-3-1-4-8-18)15-12-19-9-5-2-6-10-19/h1-10,20-21H,11-17,23-24H2,(H,25,26)/t20-/m0/s1. The molecule has 0 bridgehead atoms. The van der Waals surface area contributed by atoms with Crippen LogP contribution in [0.3, 0.4) is 0 Å². The third-order valence-corrected chi connectivity index (χ3v) is 4.66. The third-order valence-electron chi connectivity index (χ3n) is 4.66. The summed E-state index contributed by atoms with van der Waals surface area (Å²) in [5.74, 6) is 0.0695. The van der Waals surface area contributed by atoms with Crippen molar-refractivity contribution in [2.24, 2.45) is 11.5 Å². The van der Waals surface area contributed by atoms with E-state index < -0.39 is 0 Å². The van der Waals surface area contributed by atoms with Gasteiger partial charge >= 0.3 is 0 Å². The molecule has 0 saturated carbocycles. The summed E-state index contributed by atoms with van der Waals surface area (Å²) in [4.78, 5) is 12.3. The molecule has 0 fully saturated rings. The molecule has 4 heteroatoms. The lowest BCUT2D eigenvalue weighted by molar-refractivity contribution is -0.122. The summed E-state index contributed by atoms with van der Waals surface area (Å²) < 4.78 is 0. The van der Waals surface area contributed by atoms with Gasteiger partial charge in [-0.15, -0.1) is 0 Å². The van der Waals surface area contributed by atoms with Crippen molar-refractivity contribution >= 4 is 5.91 Å². The van der Waals surface area contributed by atoms with Gasteiger partial charge in [-0.2, -0.15) is 0 Å². The summed E-state index contributed by atoms with van der Waals surface area (Å²) in [5.41, 5.74) is 13.9. The summed E-state index contributed by atoms with van der Waals surface area (Å²) in [6, 6.07) is 20.9. The Morgan fingerprint density at radius 3 is 1.81 bits per heavy atom. The molecule has 0 aliphatic heterocycles. The number of carbonyl (C=O) groups is 1. The summed E-state index contributed by atoms with van der Waals surface area (Å²) >= 11 is 0. The summed E-state index contributed by atoms with van der Waals surface area (Å²) in [6.45, 7) is 0.415. The van der Waals surface area contributed by atoms with Gasteiger partial charge in [0.15, 0.2) is 0 Å². The van der Waals surface area contributed by atoms with Crippen molar-refractivity contribution in [3.8, 4) is 0 Å². The second kappa shape index (κ2) is 11.4. The highest BCUT2D eigenvalue weighted by atomic mass is 16.1. The second-order valence-corrected chi connectivity index (χ2v) is 6.85. The van der Waals surface area contributed by atoms with Gasteiger partial charge in [-0.25, -0.2) is 0 Å². The highest BCUT2D eigenvalue weighted by molar-refractivity contribution is 5.76. The molecule has 5 N–H and O–H groups in total. The number of hydrogen-bond acceptors (Lipinski definition) is 3. The Balaban J connectivity index is 1.88. The molecule has 0 heterocycles. The van der Waals surface area contributed by atoms with Crippen molar-refractivity contribution in [2.75, 3.05) is 6.54 Å². The van der Waals surface area contributed by atoms with Crippen molar-refractivity contribution in [1.29, 1.82) is 0 Å². The van der Waals surface area contributed by atoms with E-state index in [1.807, 2.05) is 12.1 Å². The largest absolute Gasteiger partial charge is 0.353 e. The summed E-state index contributed by atoms with van der Waals surface area (Å²) in [7, 11) is 0. The van der Waals surface area contributed by atoms with Crippen LogP contribution in [0.5, 0.6) is 0 Å². The number of hydrogen-bond donors (Lipinski definition) is 3. The predicted octanol–water partition coefficient (Wildman–Crippen LogP) is 2.80. The highest BCUT2D eigenvalue weighted by Gasteiger charge is 2.14. The van der Waals surface area contributed by atoms with Gasteiger partial charge in [-0.1, -0.05) is 60.7 Å². The maximum atomic E-state index is 12.3. The van der Waals surface area contributed by atoms with E-state index >= 15 is 0 Å². The van der Waals surface area contributed by atoms with E-state index in [2.05, 4.69) is 53.8 Å². The quantitative estimate of drug-likeness (QED) is 0.581. The molecular formula is C22H31N3O. The molecule has 26 heavy (non-hydrogen) atoms. The Morgan fingerprint density at radius 2 is 1.35 bits per heavy atom. The van der Waals surface area contributed by atoms with Gasteiger partial charge in [0.1, 0.15) is 0 Å². The zero-order valence-electron chi connectivity index (χ0n) is 15.4. The van der Waals surface area contributed by atoms with Gasteiger partial charge in [-0.05, 0) is 43.2 Å². The summed E-state index contributed by atoms with van der Waals surface area (Å²) in [5, 5.41) is 3.20. The van der Waals surface area contributed by atoms with Gasteiger partial charge < -0.3 is 16.8 Å². The van der Waals surface area contributed by atoms with Crippen LogP contribution in [0.1, 0.15) is 36.8 Å². The van der Waals surface area contributed by atoms with E-state index in [1.54, 1.807) is 0 Å². The first-order valence-electron chi connectivity index (χ1n) is 9.50. The smallest absolute Gasteiger partial charge is 0.220 e. The molecule has 2 aromatic rings. The molecule has 0 radical (unpaired) electrons. The number of carbonyl (C=O) groups excluding carboxylic acids is 1. The normalized spacial score (nSPS) is 12.1. The van der Waals surface area contributed by atoms with Gasteiger partial charge in [0.2, 0.25) is 5.91 Å². The fourth-order valence-corrected chi connectivity index (χ4v) is 2.99. The molecule has 1 atom stereocenters.